The maximum atomic E-state index is 13.8. The molecule has 0 aromatic rings. The number of esters is 1. The highest BCUT2D eigenvalue weighted by Crippen LogP contribution is 2.35. The molecule has 4 aliphatic rings. The fraction of sp³-hybridized carbons (Fsp3) is 0.860. The van der Waals surface area contributed by atoms with Crippen LogP contribution in [0.15, 0.2) is 23.8 Å². The Morgan fingerprint density at radius 1 is 0.891 bits per heavy atom. The standard InChI is InChI=1S/C41H71N3O8.C2H6O/c1-8-35-32(26-44-20-13-10-14-21-44)23-27(2)15-16-33(45)28(3)24-31(17-22-43-18-11-9-12-19-43)40(29(4)34(46)25-36(47)51-35)52-41-39(49)37(42(6)7)38(48)30(5)50-41;1-2-3/h15-16,23,28-32,34-35,37-41,46,48-49H,8-14,17-22,24-26H2,1-7H3;3H,2H2,1H3/b16-15+,27-23+;/t28?,29?,30-,31?,32?,34?,35?,37-,38+,39-,40?,41-;/m0./s1. The molecule has 12 atom stereocenters. The summed E-state index contributed by atoms with van der Waals surface area (Å²) in [7, 11) is 3.60. The molecule has 0 aliphatic carbocycles. The summed E-state index contributed by atoms with van der Waals surface area (Å²) in [5.74, 6) is -1.58. The third-order valence-electron chi connectivity index (χ3n) is 12.1. The first-order chi connectivity index (χ1) is 26.2. The van der Waals surface area contributed by atoms with Crippen molar-refractivity contribution in [2.45, 2.75) is 155 Å². The first-order valence-electron chi connectivity index (χ1n) is 21.4. The summed E-state index contributed by atoms with van der Waals surface area (Å²) in [6.45, 7) is 17.2. The van der Waals surface area contributed by atoms with Crippen LogP contribution in [0.25, 0.3) is 0 Å². The van der Waals surface area contributed by atoms with Gasteiger partial charge in [0.05, 0.1) is 36.9 Å². The van der Waals surface area contributed by atoms with E-state index in [9.17, 15) is 24.9 Å². The molecule has 12 heteroatoms. The number of ketones is 1. The van der Waals surface area contributed by atoms with Gasteiger partial charge in [0.1, 0.15) is 12.2 Å². The number of aliphatic hydroxyl groups is 4. The highest BCUT2D eigenvalue weighted by molar-refractivity contribution is 5.91. The van der Waals surface area contributed by atoms with E-state index in [1.54, 1.807) is 38.9 Å². The molecule has 4 aliphatic heterocycles. The number of allylic oxidation sites excluding steroid dienone is 3. The van der Waals surface area contributed by atoms with E-state index in [0.717, 1.165) is 70.5 Å². The van der Waals surface area contributed by atoms with Crippen LogP contribution in [0.5, 0.6) is 0 Å². The van der Waals surface area contributed by atoms with Crippen LogP contribution in [-0.4, -0.2) is 156 Å². The zero-order valence-electron chi connectivity index (χ0n) is 35.4. The zero-order chi connectivity index (χ0) is 40.7. The van der Waals surface area contributed by atoms with Gasteiger partial charge < -0.3 is 49.3 Å². The maximum Gasteiger partial charge on any atom is 0.308 e. The first-order valence-corrected chi connectivity index (χ1v) is 21.4. The summed E-state index contributed by atoms with van der Waals surface area (Å²) in [5, 5.41) is 41.8. The summed E-state index contributed by atoms with van der Waals surface area (Å²) in [6.07, 6.45) is 8.49. The summed E-state index contributed by atoms with van der Waals surface area (Å²) in [4.78, 5) is 34.1. The van der Waals surface area contributed by atoms with Gasteiger partial charge in [0.25, 0.3) is 0 Å². The van der Waals surface area contributed by atoms with Crippen LogP contribution in [0.1, 0.15) is 106 Å². The predicted octanol–water partition coefficient (Wildman–Crippen LogP) is 4.18. The van der Waals surface area contributed by atoms with Crippen molar-refractivity contribution in [2.24, 2.45) is 23.7 Å². The number of likely N-dealkylation sites (tertiary alicyclic amines) is 2. The first kappa shape index (κ1) is 47.6. The zero-order valence-corrected chi connectivity index (χ0v) is 35.4. The molecule has 0 aromatic carbocycles. The van der Waals surface area contributed by atoms with Crippen LogP contribution < -0.4 is 0 Å². The number of aliphatic hydroxyl groups excluding tert-OH is 4. The molecule has 3 fully saturated rings. The minimum Gasteiger partial charge on any atom is -0.462 e. The second kappa shape index (κ2) is 24.2. The van der Waals surface area contributed by atoms with Gasteiger partial charge in [-0.2, -0.15) is 0 Å². The normalized spacial score (nSPS) is 38.4. The van der Waals surface area contributed by atoms with Gasteiger partial charge in [-0.1, -0.05) is 51.3 Å². The van der Waals surface area contributed by atoms with Crippen molar-refractivity contribution < 1.29 is 44.2 Å². The Hall–Kier alpha value is -1.74. The quantitative estimate of drug-likeness (QED) is 0.249. The Labute approximate surface area is 332 Å². The molecule has 318 valence electrons. The van der Waals surface area contributed by atoms with Crippen molar-refractivity contribution in [3.05, 3.63) is 23.8 Å². The molecule has 0 saturated carbocycles. The van der Waals surface area contributed by atoms with Crippen LogP contribution >= 0.6 is 0 Å². The average Bonchev–Trinajstić information content (AvgIpc) is 3.15. The summed E-state index contributed by atoms with van der Waals surface area (Å²) in [6, 6.07) is -0.632. The monoisotopic (exact) mass is 780 g/mol. The van der Waals surface area contributed by atoms with E-state index in [4.69, 9.17) is 19.3 Å². The fourth-order valence-electron chi connectivity index (χ4n) is 8.83. The van der Waals surface area contributed by atoms with Crippen molar-refractivity contribution in [1.82, 2.24) is 14.7 Å². The fourth-order valence-corrected chi connectivity index (χ4v) is 8.83. The van der Waals surface area contributed by atoms with Gasteiger partial charge in [0, 0.05) is 30.9 Å². The molecule has 4 rings (SSSR count). The molecule has 12 nitrogen and oxygen atoms in total. The molecular formula is C43H77N3O9. The summed E-state index contributed by atoms with van der Waals surface area (Å²) in [5.41, 5.74) is 0.954. The van der Waals surface area contributed by atoms with Gasteiger partial charge in [-0.15, -0.1) is 0 Å². The number of carbonyl (C=O) groups excluding carboxylic acids is 2. The Balaban J connectivity index is 0.00000262. The van der Waals surface area contributed by atoms with Crippen LogP contribution in [0.3, 0.4) is 0 Å². The number of piperidine rings is 2. The summed E-state index contributed by atoms with van der Waals surface area (Å²) >= 11 is 0. The number of hydrogen-bond donors (Lipinski definition) is 4. The lowest BCUT2D eigenvalue weighted by atomic mass is 9.79. The van der Waals surface area contributed by atoms with Crippen molar-refractivity contribution in [1.29, 1.82) is 0 Å². The molecule has 7 unspecified atom stereocenters. The molecule has 0 spiro atoms. The highest BCUT2D eigenvalue weighted by Gasteiger charge is 2.47. The van der Waals surface area contributed by atoms with E-state index in [0.29, 0.717) is 19.3 Å². The number of likely N-dealkylation sites (N-methyl/N-ethyl adjacent to an activating group) is 1. The Kier molecular flexibility index (Phi) is 21.0. The van der Waals surface area contributed by atoms with Gasteiger partial charge in [-0.05, 0) is 125 Å². The largest absolute Gasteiger partial charge is 0.462 e. The van der Waals surface area contributed by atoms with E-state index in [1.807, 2.05) is 33.8 Å². The van der Waals surface area contributed by atoms with Crippen molar-refractivity contribution in [2.75, 3.05) is 60.0 Å². The second-order valence-electron chi connectivity index (χ2n) is 16.9. The molecule has 4 heterocycles. The van der Waals surface area contributed by atoms with Crippen molar-refractivity contribution in [3.63, 3.8) is 0 Å². The number of rotatable bonds is 9. The predicted molar refractivity (Wildman–Crippen MR) is 215 cm³/mol. The minimum absolute atomic E-state index is 0.0270. The lowest BCUT2D eigenvalue weighted by molar-refractivity contribution is -0.304. The van der Waals surface area contributed by atoms with Crippen LogP contribution in [0, 0.1) is 23.7 Å². The van der Waals surface area contributed by atoms with Crippen molar-refractivity contribution >= 4 is 11.8 Å². The van der Waals surface area contributed by atoms with Crippen molar-refractivity contribution in [3.8, 4) is 0 Å². The Morgan fingerprint density at radius 3 is 2.07 bits per heavy atom. The van der Waals surface area contributed by atoms with E-state index >= 15 is 0 Å². The van der Waals surface area contributed by atoms with Gasteiger partial charge in [0.15, 0.2) is 12.1 Å². The van der Waals surface area contributed by atoms with Gasteiger partial charge in [-0.25, -0.2) is 0 Å². The van der Waals surface area contributed by atoms with Crippen LogP contribution in [-0.2, 0) is 23.8 Å². The molecule has 0 radical (unpaired) electrons. The molecule has 0 bridgehead atoms. The second-order valence-corrected chi connectivity index (χ2v) is 16.9. The van der Waals surface area contributed by atoms with Gasteiger partial charge in [0.2, 0.25) is 0 Å². The highest BCUT2D eigenvalue weighted by atomic mass is 16.7. The smallest absolute Gasteiger partial charge is 0.308 e. The number of hydrogen-bond acceptors (Lipinski definition) is 12. The topological polar surface area (TPSA) is 152 Å². The third kappa shape index (κ3) is 14.9. The number of carbonyl (C=O) groups is 2. The molecular weight excluding hydrogens is 702 g/mol. The van der Waals surface area contributed by atoms with E-state index in [1.165, 1.54) is 12.8 Å². The molecule has 0 aromatic heterocycles. The average molecular weight is 780 g/mol. The van der Waals surface area contributed by atoms with E-state index < -0.39 is 54.7 Å². The number of cyclic esters (lactones) is 1. The molecule has 3 saturated heterocycles. The van der Waals surface area contributed by atoms with Crippen LogP contribution in [0.4, 0.5) is 0 Å². The summed E-state index contributed by atoms with van der Waals surface area (Å²) < 4.78 is 19.1. The lowest BCUT2D eigenvalue weighted by Gasteiger charge is -2.47. The van der Waals surface area contributed by atoms with E-state index in [-0.39, 0.29) is 42.7 Å². The van der Waals surface area contributed by atoms with E-state index in [2.05, 4.69) is 15.9 Å². The van der Waals surface area contributed by atoms with Gasteiger partial charge >= 0.3 is 5.97 Å². The maximum absolute atomic E-state index is 13.8. The Morgan fingerprint density at radius 2 is 1.49 bits per heavy atom. The molecule has 55 heavy (non-hydrogen) atoms. The lowest BCUT2D eigenvalue weighted by Crippen LogP contribution is -2.63. The molecule has 0 amide bonds. The minimum atomic E-state index is -1.17. The third-order valence-corrected chi connectivity index (χ3v) is 12.1. The number of ether oxygens (including phenoxy) is 3. The van der Waals surface area contributed by atoms with Gasteiger partial charge in [-0.3, -0.25) is 9.59 Å². The number of nitrogens with zero attached hydrogens (tertiary/aromatic N) is 3. The van der Waals surface area contributed by atoms with Crippen LogP contribution in [0.2, 0.25) is 0 Å². The SMILES string of the molecule is CCC1OC(=O)CC(O)C(C)C(O[C@@H]2O[C@@H](C)[C@@H](O)[C@H](N(C)C)[C@@H]2O)C(CCN2CCCCC2)CC(C)C(=O)/C=C/C(C)=C/C1CN1CCCCC1.CCO. The molecule has 4 N–H and O–H groups in total. The Bertz CT molecular complexity index is 1190.